The molecule has 46 heavy (non-hydrogen) atoms. The Morgan fingerprint density at radius 3 is 1.59 bits per heavy atom. The molecule has 0 aliphatic heterocycles. The van der Waals surface area contributed by atoms with E-state index in [1.165, 1.54) is 44.6 Å². The second-order valence-corrected chi connectivity index (χ2v) is 13.8. The number of benzene rings is 4. The van der Waals surface area contributed by atoms with E-state index in [1.807, 2.05) is 91.0 Å². The van der Waals surface area contributed by atoms with Crippen LogP contribution in [0.25, 0.3) is 0 Å². The van der Waals surface area contributed by atoms with Gasteiger partial charge in [0, 0.05) is 18.1 Å². The molecule has 1 aliphatic rings. The zero-order chi connectivity index (χ0) is 32.9. The summed E-state index contributed by atoms with van der Waals surface area (Å²) in [5.74, 6) is -3.86. The van der Waals surface area contributed by atoms with E-state index in [2.05, 4.69) is 12.1 Å². The smallest absolute Gasteiger partial charge is 0.339 e. The van der Waals surface area contributed by atoms with Crippen molar-refractivity contribution in [2.75, 3.05) is 14.2 Å². The third-order valence-electron chi connectivity index (χ3n) is 8.29. The monoisotopic (exact) mass is 629 g/mol. The van der Waals surface area contributed by atoms with Gasteiger partial charge in [-0.3, -0.25) is 14.9 Å². The maximum atomic E-state index is 14.4. The summed E-state index contributed by atoms with van der Waals surface area (Å²) in [6.45, 7) is -3.27. The van der Waals surface area contributed by atoms with Gasteiger partial charge in [0.2, 0.25) is 0 Å². The van der Waals surface area contributed by atoms with Crippen LogP contribution in [0.3, 0.4) is 0 Å². The number of rotatable bonds is 8. The van der Waals surface area contributed by atoms with Gasteiger partial charge in [-0.05, 0) is 33.9 Å². The Labute approximate surface area is 266 Å². The zero-order valence-electron chi connectivity index (χ0n) is 24.9. The summed E-state index contributed by atoms with van der Waals surface area (Å²) in [6, 6.07) is 37.8. The Hall–Kier alpha value is -5.76. The molecule has 0 heterocycles. The second kappa shape index (κ2) is 13.1. The van der Waals surface area contributed by atoms with Gasteiger partial charge in [-0.15, -0.1) is 0 Å². The molecular weight excluding hydrogens is 601 g/mol. The molecule has 0 radical (unpaired) electrons. The van der Waals surface area contributed by atoms with E-state index in [1.54, 1.807) is 0 Å². The van der Waals surface area contributed by atoms with Gasteiger partial charge in [-0.1, -0.05) is 109 Å². The molecule has 4 aromatic rings. The summed E-state index contributed by atoms with van der Waals surface area (Å²) < 4.78 is 10.6. The van der Waals surface area contributed by atoms with Gasteiger partial charge < -0.3 is 9.47 Å². The summed E-state index contributed by atoms with van der Waals surface area (Å²) in [4.78, 5) is 38.7. The average molecular weight is 630 g/mol. The quantitative estimate of drug-likeness (QED) is 0.117. The Kier molecular flexibility index (Phi) is 9.00. The van der Waals surface area contributed by atoms with E-state index in [9.17, 15) is 30.2 Å². The second-order valence-electron chi connectivity index (χ2n) is 10.5. The molecule has 1 aliphatic carbocycles. The molecule has 2 atom stereocenters. The average Bonchev–Trinajstić information content (AvgIpc) is 3.45. The summed E-state index contributed by atoms with van der Waals surface area (Å²) in [6.07, 6.45) is 1.47. The van der Waals surface area contributed by atoms with Crippen LogP contribution in [0.1, 0.15) is 11.5 Å². The predicted octanol–water partition coefficient (Wildman–Crippen LogP) is 4.78. The number of esters is 2. The highest BCUT2D eigenvalue weighted by atomic mass is 31.2. The maximum absolute atomic E-state index is 14.4. The minimum atomic E-state index is -3.27. The molecule has 0 N–H and O–H groups in total. The molecule has 0 unspecified atom stereocenters. The molecule has 5 rings (SSSR count). The molecule has 228 valence electrons. The number of hydrogen-bond acceptors (Lipinski definition) is 8. The number of hydrogen-bond donors (Lipinski definition) is 0. The Balaban J connectivity index is 2.02. The predicted molar refractivity (Wildman–Crippen MR) is 175 cm³/mol. The summed E-state index contributed by atoms with van der Waals surface area (Å²) >= 11 is 0. The van der Waals surface area contributed by atoms with Gasteiger partial charge in [0.15, 0.2) is 5.41 Å². The first kappa shape index (κ1) is 31.7. The summed E-state index contributed by atoms with van der Waals surface area (Å²) in [7, 11) is 2.43. The van der Waals surface area contributed by atoms with Crippen molar-refractivity contribution in [1.29, 1.82) is 10.5 Å². The zero-order valence-corrected chi connectivity index (χ0v) is 25.8. The first-order chi connectivity index (χ1) is 22.3. The Morgan fingerprint density at radius 2 is 1.22 bits per heavy atom. The molecule has 0 bridgehead atoms. The largest absolute Gasteiger partial charge is 0.469 e. The minimum absolute atomic E-state index is 0.0352. The third-order valence-corrected chi connectivity index (χ3v) is 12.6. The van der Waals surface area contributed by atoms with E-state index in [4.69, 9.17) is 9.47 Å². The lowest BCUT2D eigenvalue weighted by molar-refractivity contribution is -0.384. The van der Waals surface area contributed by atoms with E-state index in [0.29, 0.717) is 5.56 Å². The van der Waals surface area contributed by atoms with Crippen LogP contribution < -0.4 is 15.9 Å². The topological polar surface area (TPSA) is 143 Å². The van der Waals surface area contributed by atoms with Gasteiger partial charge in [0.1, 0.15) is 0 Å². The first-order valence-electron chi connectivity index (χ1n) is 14.2. The van der Waals surface area contributed by atoms with Crippen molar-refractivity contribution in [1.82, 2.24) is 0 Å². The Bertz CT molecular complexity index is 1840. The Morgan fingerprint density at radius 1 is 0.761 bits per heavy atom. The number of carbonyl (C=O) groups excluding carboxylic acids is 2. The minimum Gasteiger partial charge on any atom is -0.469 e. The summed E-state index contributed by atoms with van der Waals surface area (Å²) in [5, 5.41) is 35.7. The van der Waals surface area contributed by atoms with Crippen molar-refractivity contribution in [2.24, 2.45) is 11.3 Å². The molecule has 0 aromatic heterocycles. The van der Waals surface area contributed by atoms with Crippen LogP contribution in [-0.4, -0.2) is 36.4 Å². The number of nitriles is 2. The molecule has 0 spiro atoms. The van der Waals surface area contributed by atoms with E-state index in [-0.39, 0.29) is 16.6 Å². The van der Waals surface area contributed by atoms with Crippen LogP contribution in [0, 0.1) is 44.1 Å². The number of non-ortho nitro benzene ring substituents is 1. The molecule has 10 heteroatoms. The fourth-order valence-corrected chi connectivity index (χ4v) is 10.8. The molecule has 0 saturated carbocycles. The summed E-state index contributed by atoms with van der Waals surface area (Å²) in [5.41, 5.74) is -1.95. The number of methoxy groups -OCH3 is 2. The number of carbonyl (C=O) groups is 2. The lowest BCUT2D eigenvalue weighted by Crippen LogP contribution is -2.39. The van der Waals surface area contributed by atoms with Crippen LogP contribution in [0.15, 0.2) is 127 Å². The molecule has 9 nitrogen and oxygen atoms in total. The molecule has 0 saturated heterocycles. The fourth-order valence-electron chi connectivity index (χ4n) is 6.31. The van der Waals surface area contributed by atoms with Gasteiger partial charge >= 0.3 is 11.9 Å². The SMILES string of the molecule is COC(=O)C(C1=C[C@H](C(=O)OC)[C@@H](c2ccc([N+](=O)[O-])cc2)C1(C#N)C#N)=P(c1ccccc1)(c1ccccc1)c1ccccc1. The normalized spacial score (nSPS) is 16.7. The van der Waals surface area contributed by atoms with Crippen molar-refractivity contribution in [2.45, 2.75) is 5.92 Å². The van der Waals surface area contributed by atoms with Crippen molar-refractivity contribution < 1.29 is 24.0 Å². The van der Waals surface area contributed by atoms with Crippen LogP contribution in [-0.2, 0) is 19.1 Å². The van der Waals surface area contributed by atoms with Crippen LogP contribution >= 0.6 is 6.89 Å². The first-order valence-corrected chi connectivity index (χ1v) is 16.0. The molecule has 4 aromatic carbocycles. The van der Waals surface area contributed by atoms with Crippen LogP contribution in [0.5, 0.6) is 0 Å². The van der Waals surface area contributed by atoms with Gasteiger partial charge in [0.25, 0.3) is 5.69 Å². The number of nitro benzene ring substituents is 1. The maximum Gasteiger partial charge on any atom is 0.339 e. The van der Waals surface area contributed by atoms with Crippen molar-refractivity contribution in [3.8, 4) is 12.1 Å². The highest BCUT2D eigenvalue weighted by Gasteiger charge is 2.58. The number of ether oxygens (including phenoxy) is 2. The lowest BCUT2D eigenvalue weighted by Gasteiger charge is -2.35. The molecule has 0 amide bonds. The number of nitrogens with zero attached hydrogens (tertiary/aromatic N) is 3. The van der Waals surface area contributed by atoms with E-state index in [0.717, 1.165) is 15.9 Å². The standard InChI is InChI=1S/C36H28N3O6P/c1-44-34(40)30-22-31(36(23-37,24-38)32(30)25-18-20-26(21-19-25)39(42)43)33(35(41)45-2)46(27-12-6-3-7-13-27,28-14-8-4-9-15-28)29-16-10-5-11-17-29/h3-22,30,32H,1-2H3/t30-,32+/m0/s1. The van der Waals surface area contributed by atoms with Gasteiger partial charge in [0.05, 0.1) is 42.5 Å². The van der Waals surface area contributed by atoms with Crippen molar-refractivity contribution in [3.63, 3.8) is 0 Å². The van der Waals surface area contributed by atoms with Crippen LogP contribution in [0.2, 0.25) is 0 Å². The van der Waals surface area contributed by atoms with Crippen molar-refractivity contribution in [3.05, 3.63) is 143 Å². The number of nitro groups is 1. The van der Waals surface area contributed by atoms with Crippen LogP contribution in [0.4, 0.5) is 5.69 Å². The van der Waals surface area contributed by atoms with Crippen molar-refractivity contribution >= 4 is 45.7 Å². The lowest BCUT2D eigenvalue weighted by atomic mass is 9.69. The van der Waals surface area contributed by atoms with Gasteiger partial charge in [-0.2, -0.15) is 10.5 Å². The third kappa shape index (κ3) is 5.07. The highest BCUT2D eigenvalue weighted by molar-refractivity contribution is 7.96. The highest BCUT2D eigenvalue weighted by Crippen LogP contribution is 2.58. The molecule has 0 fully saturated rings. The molecular formula is C36H28N3O6P. The van der Waals surface area contributed by atoms with E-state index < -0.39 is 41.0 Å². The van der Waals surface area contributed by atoms with E-state index >= 15 is 0 Å². The van der Waals surface area contributed by atoms with Gasteiger partial charge in [-0.25, -0.2) is 4.79 Å². The fraction of sp³-hybridized carbons (Fsp3) is 0.139.